The van der Waals surface area contributed by atoms with E-state index in [2.05, 4.69) is 28.1 Å². The first-order valence-electron chi connectivity index (χ1n) is 8.25. The zero-order chi connectivity index (χ0) is 17.4. The van der Waals surface area contributed by atoms with Gasteiger partial charge in [-0.2, -0.15) is 0 Å². The smallest absolute Gasteiger partial charge is 0.336 e. The maximum Gasteiger partial charge on any atom is 0.336 e. The normalized spacial score (nSPS) is 15.3. The summed E-state index contributed by atoms with van der Waals surface area (Å²) in [5.74, 6) is -0.876. The van der Waals surface area contributed by atoms with Gasteiger partial charge in [-0.25, -0.2) is 9.78 Å². The number of halogens is 1. The average molecular weight is 394 g/mol. The Morgan fingerprint density at radius 1 is 1.12 bits per heavy atom. The van der Waals surface area contributed by atoms with Crippen LogP contribution in [-0.4, -0.2) is 16.1 Å². The zero-order valence-corrected chi connectivity index (χ0v) is 15.1. The van der Waals surface area contributed by atoms with Crippen LogP contribution in [0.4, 0.5) is 0 Å². The molecular weight excluding hydrogens is 378 g/mol. The lowest BCUT2D eigenvalue weighted by atomic mass is 9.86. The van der Waals surface area contributed by atoms with Crippen LogP contribution in [0.5, 0.6) is 0 Å². The number of hydrogen-bond donors (Lipinski definition) is 1. The molecule has 0 saturated heterocycles. The monoisotopic (exact) mass is 393 g/mol. The molecule has 3 nitrogen and oxygen atoms in total. The Hall–Kier alpha value is -2.46. The average Bonchev–Trinajstić information content (AvgIpc) is 2.60. The summed E-state index contributed by atoms with van der Waals surface area (Å²) in [7, 11) is 0. The lowest BCUT2D eigenvalue weighted by Gasteiger charge is -2.21. The van der Waals surface area contributed by atoms with Crippen molar-refractivity contribution >= 4 is 44.5 Å². The second-order valence-electron chi connectivity index (χ2n) is 6.21. The lowest BCUT2D eigenvalue weighted by molar-refractivity contribution is 0.0697. The third-order valence-electron chi connectivity index (χ3n) is 4.57. The molecule has 0 aliphatic heterocycles. The predicted octanol–water partition coefficient (Wildman–Crippen LogP) is 5.57. The molecule has 0 saturated carbocycles. The Labute approximate surface area is 154 Å². The van der Waals surface area contributed by atoms with Gasteiger partial charge in [-0.3, -0.25) is 0 Å². The molecule has 4 rings (SSSR count). The van der Waals surface area contributed by atoms with Gasteiger partial charge in [0.2, 0.25) is 0 Å². The van der Waals surface area contributed by atoms with Gasteiger partial charge in [0.15, 0.2) is 0 Å². The molecule has 0 amide bonds. The summed E-state index contributed by atoms with van der Waals surface area (Å²) in [5, 5.41) is 10.5. The molecule has 0 spiro atoms. The minimum atomic E-state index is -0.876. The van der Waals surface area contributed by atoms with Gasteiger partial charge in [0, 0.05) is 9.86 Å². The summed E-state index contributed by atoms with van der Waals surface area (Å²) in [6.45, 7) is 0. The van der Waals surface area contributed by atoms with Crippen LogP contribution >= 0.6 is 15.9 Å². The minimum absolute atomic E-state index is 0.403. The standard InChI is InChI=1S/C21H16BrNO2/c22-15-7-3-5-13(12-15)11-14-6-4-9-17-19(21(24)25)16-8-1-2-10-18(16)23-20(14)17/h1-3,5,7-8,10-12H,4,6,9H2,(H,24,25). The molecule has 3 aromatic rings. The molecule has 0 atom stereocenters. The van der Waals surface area contributed by atoms with Crippen LogP contribution < -0.4 is 0 Å². The van der Waals surface area contributed by atoms with E-state index in [9.17, 15) is 9.90 Å². The highest BCUT2D eigenvalue weighted by Gasteiger charge is 2.24. The second kappa shape index (κ2) is 6.45. The fraction of sp³-hybridized carbons (Fsp3) is 0.143. The first-order valence-corrected chi connectivity index (χ1v) is 9.04. The Kier molecular flexibility index (Phi) is 4.14. The van der Waals surface area contributed by atoms with Crippen LogP contribution in [-0.2, 0) is 6.42 Å². The number of carboxylic acids is 1. The largest absolute Gasteiger partial charge is 0.478 e. The van der Waals surface area contributed by atoms with Crippen molar-refractivity contribution in [2.75, 3.05) is 0 Å². The van der Waals surface area contributed by atoms with Crippen LogP contribution in [0.1, 0.15) is 40.0 Å². The summed E-state index contributed by atoms with van der Waals surface area (Å²) in [6, 6.07) is 15.6. The molecule has 0 unspecified atom stereocenters. The summed E-state index contributed by atoms with van der Waals surface area (Å²) >= 11 is 3.50. The quantitative estimate of drug-likeness (QED) is 0.618. The highest BCUT2D eigenvalue weighted by Crippen LogP contribution is 2.36. The van der Waals surface area contributed by atoms with Crippen molar-refractivity contribution in [3.63, 3.8) is 0 Å². The van der Waals surface area contributed by atoms with Gasteiger partial charge in [-0.05, 0) is 60.2 Å². The van der Waals surface area contributed by atoms with Crippen LogP contribution in [0, 0.1) is 0 Å². The minimum Gasteiger partial charge on any atom is -0.478 e. The van der Waals surface area contributed by atoms with E-state index in [4.69, 9.17) is 4.98 Å². The Morgan fingerprint density at radius 3 is 2.76 bits per heavy atom. The van der Waals surface area contributed by atoms with Crippen molar-refractivity contribution in [1.29, 1.82) is 0 Å². The van der Waals surface area contributed by atoms with Crippen molar-refractivity contribution in [2.24, 2.45) is 0 Å². The third kappa shape index (κ3) is 2.98. The van der Waals surface area contributed by atoms with Crippen molar-refractivity contribution in [3.05, 3.63) is 75.4 Å². The van der Waals surface area contributed by atoms with Gasteiger partial charge in [0.05, 0.1) is 16.8 Å². The van der Waals surface area contributed by atoms with Crippen LogP contribution in [0.2, 0.25) is 0 Å². The molecule has 1 aliphatic rings. The van der Waals surface area contributed by atoms with Gasteiger partial charge in [0.1, 0.15) is 0 Å². The van der Waals surface area contributed by atoms with E-state index in [1.807, 2.05) is 42.5 Å². The number of hydrogen-bond acceptors (Lipinski definition) is 2. The van der Waals surface area contributed by atoms with Crippen molar-refractivity contribution in [1.82, 2.24) is 4.98 Å². The summed E-state index contributed by atoms with van der Waals surface area (Å²) < 4.78 is 1.02. The van der Waals surface area contributed by atoms with Gasteiger partial charge in [0.25, 0.3) is 0 Å². The maximum absolute atomic E-state index is 11.9. The van der Waals surface area contributed by atoms with E-state index >= 15 is 0 Å². The molecule has 1 aliphatic carbocycles. The Balaban J connectivity index is 1.97. The maximum atomic E-state index is 11.9. The number of benzene rings is 2. The second-order valence-corrected chi connectivity index (χ2v) is 7.13. The van der Waals surface area contributed by atoms with Gasteiger partial charge >= 0.3 is 5.97 Å². The Morgan fingerprint density at radius 2 is 1.96 bits per heavy atom. The molecule has 1 N–H and O–H groups in total. The number of pyridine rings is 1. The van der Waals surface area contributed by atoms with Crippen molar-refractivity contribution in [2.45, 2.75) is 19.3 Å². The van der Waals surface area contributed by atoms with Gasteiger partial charge in [-0.15, -0.1) is 0 Å². The number of allylic oxidation sites excluding steroid dienone is 1. The molecule has 1 heterocycles. The van der Waals surface area contributed by atoms with Crippen LogP contribution in [0.3, 0.4) is 0 Å². The summed E-state index contributed by atoms with van der Waals surface area (Å²) in [5.41, 5.74) is 5.03. The molecule has 25 heavy (non-hydrogen) atoms. The van der Waals surface area contributed by atoms with Gasteiger partial charge < -0.3 is 5.11 Å². The number of carbonyl (C=O) groups is 1. The molecule has 0 radical (unpaired) electrons. The van der Waals surface area contributed by atoms with E-state index in [0.29, 0.717) is 5.56 Å². The zero-order valence-electron chi connectivity index (χ0n) is 13.5. The number of nitrogens with zero attached hydrogens (tertiary/aromatic N) is 1. The fourth-order valence-electron chi connectivity index (χ4n) is 3.52. The number of carboxylic acid groups (broad SMARTS) is 1. The highest BCUT2D eigenvalue weighted by atomic mass is 79.9. The van der Waals surface area contributed by atoms with E-state index in [0.717, 1.165) is 57.0 Å². The summed E-state index contributed by atoms with van der Waals surface area (Å²) in [4.78, 5) is 16.8. The number of fused-ring (bicyclic) bond motifs is 2. The lowest BCUT2D eigenvalue weighted by Crippen LogP contribution is -2.13. The van der Waals surface area contributed by atoms with E-state index in [1.165, 1.54) is 0 Å². The Bertz CT molecular complexity index is 1020. The van der Waals surface area contributed by atoms with Crippen molar-refractivity contribution in [3.8, 4) is 0 Å². The molecule has 2 aromatic carbocycles. The molecule has 4 heteroatoms. The SMILES string of the molecule is O=C(O)c1c2c(nc3ccccc13)C(=Cc1cccc(Br)c1)CCC2. The predicted molar refractivity (Wildman–Crippen MR) is 104 cm³/mol. The number of aromatic carboxylic acids is 1. The highest BCUT2D eigenvalue weighted by molar-refractivity contribution is 9.10. The third-order valence-corrected chi connectivity index (χ3v) is 5.07. The first kappa shape index (κ1) is 16.0. The van der Waals surface area contributed by atoms with Crippen LogP contribution in [0.15, 0.2) is 53.0 Å². The molecule has 0 bridgehead atoms. The number of rotatable bonds is 2. The molecule has 1 aromatic heterocycles. The van der Waals surface area contributed by atoms with E-state index in [-0.39, 0.29) is 0 Å². The molecule has 124 valence electrons. The summed E-state index contributed by atoms with van der Waals surface area (Å²) in [6.07, 6.45) is 4.72. The van der Waals surface area contributed by atoms with E-state index < -0.39 is 5.97 Å². The number of aromatic nitrogens is 1. The first-order chi connectivity index (χ1) is 12.1. The number of para-hydroxylation sites is 1. The topological polar surface area (TPSA) is 50.2 Å². The van der Waals surface area contributed by atoms with Gasteiger partial charge in [-0.1, -0.05) is 46.3 Å². The van der Waals surface area contributed by atoms with Crippen molar-refractivity contribution < 1.29 is 9.90 Å². The fourth-order valence-corrected chi connectivity index (χ4v) is 3.93. The van der Waals surface area contributed by atoms with E-state index in [1.54, 1.807) is 0 Å². The molecule has 0 fully saturated rings. The van der Waals surface area contributed by atoms with Crippen LogP contribution in [0.25, 0.3) is 22.6 Å². The molecular formula is C21H16BrNO2.